The van der Waals surface area contributed by atoms with Crippen molar-refractivity contribution in [3.63, 3.8) is 0 Å². The highest BCUT2D eigenvalue weighted by atomic mass is 35.5. The Morgan fingerprint density at radius 2 is 1.74 bits per heavy atom. The largest absolute Gasteiger partial charge is 0.349 e. The van der Waals surface area contributed by atoms with E-state index in [0.29, 0.717) is 17.9 Å². The minimum atomic E-state index is -0.160. The molecule has 3 saturated carbocycles. The fourth-order valence-corrected chi connectivity index (χ4v) is 4.55. The minimum Gasteiger partial charge on any atom is -0.349 e. The van der Waals surface area contributed by atoms with Gasteiger partial charge in [-0.15, -0.1) is 12.4 Å². The van der Waals surface area contributed by atoms with Crippen LogP contribution >= 0.6 is 12.4 Å². The Balaban J connectivity index is 0.00000210. The second kappa shape index (κ2) is 8.07. The number of hydrogen-bond donors (Lipinski definition) is 4. The Bertz CT molecular complexity index is 690. The van der Waals surface area contributed by atoms with Gasteiger partial charge in [-0.3, -0.25) is 4.79 Å². The number of nitrogens with one attached hydrogen (secondary N) is 3. The van der Waals surface area contributed by atoms with Gasteiger partial charge < -0.3 is 21.7 Å². The Morgan fingerprint density at radius 1 is 1.07 bits per heavy atom. The Hall–Kier alpha value is -1.79. The van der Waals surface area contributed by atoms with Crippen LogP contribution in [-0.2, 0) is 4.79 Å². The maximum absolute atomic E-state index is 12.7. The quantitative estimate of drug-likeness (QED) is 0.620. The molecule has 148 valence electrons. The van der Waals surface area contributed by atoms with Crippen LogP contribution in [0.3, 0.4) is 0 Å². The first-order chi connectivity index (χ1) is 12.5. The van der Waals surface area contributed by atoms with E-state index >= 15 is 0 Å². The number of carbonyl (C=O) groups excluding carboxylic acids is 2. The molecular weight excluding hydrogens is 364 g/mol. The van der Waals surface area contributed by atoms with Crippen molar-refractivity contribution in [1.82, 2.24) is 10.6 Å². The van der Waals surface area contributed by atoms with Crippen molar-refractivity contribution in [1.29, 1.82) is 0 Å². The molecule has 27 heavy (non-hydrogen) atoms. The van der Waals surface area contributed by atoms with Gasteiger partial charge in [-0.2, -0.15) is 0 Å². The van der Waals surface area contributed by atoms with Crippen molar-refractivity contribution >= 4 is 30.0 Å². The van der Waals surface area contributed by atoms with Gasteiger partial charge in [-0.05, 0) is 68.6 Å². The summed E-state index contributed by atoms with van der Waals surface area (Å²) >= 11 is 0. The summed E-state index contributed by atoms with van der Waals surface area (Å²) in [6.45, 7) is 1.98. The molecule has 3 aliphatic rings. The molecule has 4 rings (SSSR count). The van der Waals surface area contributed by atoms with E-state index in [2.05, 4.69) is 16.0 Å². The zero-order valence-electron chi connectivity index (χ0n) is 15.6. The van der Waals surface area contributed by atoms with E-state index in [1.807, 2.05) is 31.2 Å². The van der Waals surface area contributed by atoms with Crippen LogP contribution in [0.2, 0.25) is 0 Å². The minimum absolute atomic E-state index is 0. The monoisotopic (exact) mass is 392 g/mol. The third-order valence-corrected chi connectivity index (χ3v) is 6.22. The molecule has 1 aromatic rings. The zero-order chi connectivity index (χ0) is 18.3. The number of urea groups is 1. The van der Waals surface area contributed by atoms with Gasteiger partial charge in [0.05, 0.1) is 12.0 Å². The van der Waals surface area contributed by atoms with Crippen LogP contribution in [-0.4, -0.2) is 24.0 Å². The lowest BCUT2D eigenvalue weighted by molar-refractivity contribution is -0.127. The normalized spacial score (nSPS) is 29.6. The van der Waals surface area contributed by atoms with Gasteiger partial charge >= 0.3 is 6.03 Å². The molecule has 6 nitrogen and oxygen atoms in total. The van der Waals surface area contributed by atoms with Crippen LogP contribution in [0.4, 0.5) is 10.5 Å². The van der Waals surface area contributed by atoms with Crippen molar-refractivity contribution in [3.05, 3.63) is 29.8 Å². The zero-order valence-corrected chi connectivity index (χ0v) is 16.4. The Morgan fingerprint density at radius 3 is 2.33 bits per heavy atom. The van der Waals surface area contributed by atoms with E-state index in [1.165, 1.54) is 6.42 Å². The molecule has 1 aromatic carbocycles. The van der Waals surface area contributed by atoms with Gasteiger partial charge in [0.2, 0.25) is 5.91 Å². The number of anilines is 1. The summed E-state index contributed by atoms with van der Waals surface area (Å²) in [6.07, 6.45) is 5.55. The summed E-state index contributed by atoms with van der Waals surface area (Å²) in [5.74, 6) is 1.03. The number of carbonyl (C=O) groups is 2. The highest BCUT2D eigenvalue weighted by Crippen LogP contribution is 2.47. The first-order valence-corrected chi connectivity index (χ1v) is 9.74. The maximum atomic E-state index is 12.7. The lowest BCUT2D eigenvalue weighted by Gasteiger charge is -2.28. The van der Waals surface area contributed by atoms with Crippen LogP contribution in [0.1, 0.15) is 50.6 Å². The molecule has 0 heterocycles. The SMILES string of the molecule is CC(NC(=O)C1C2CCC(C2)C1N)c1ccc(NC(=O)NC2CC2)cc1.Cl. The molecule has 3 aliphatic carbocycles. The van der Waals surface area contributed by atoms with Crippen LogP contribution < -0.4 is 21.7 Å². The van der Waals surface area contributed by atoms with Gasteiger partial charge in [0.1, 0.15) is 0 Å². The number of rotatable bonds is 5. The fraction of sp³-hybridized carbons (Fsp3) is 0.600. The Labute approximate surface area is 166 Å². The lowest BCUT2D eigenvalue weighted by atomic mass is 9.84. The van der Waals surface area contributed by atoms with Gasteiger partial charge in [0.15, 0.2) is 0 Å². The van der Waals surface area contributed by atoms with Crippen LogP contribution in [0.15, 0.2) is 24.3 Å². The van der Waals surface area contributed by atoms with Crippen LogP contribution in [0, 0.1) is 17.8 Å². The molecule has 2 bridgehead atoms. The van der Waals surface area contributed by atoms with Crippen LogP contribution in [0.25, 0.3) is 0 Å². The van der Waals surface area contributed by atoms with E-state index in [-0.39, 0.29) is 42.3 Å². The molecule has 0 radical (unpaired) electrons. The topological polar surface area (TPSA) is 96.2 Å². The van der Waals surface area contributed by atoms with Crippen molar-refractivity contribution in [2.75, 3.05) is 5.32 Å². The van der Waals surface area contributed by atoms with Crippen molar-refractivity contribution < 1.29 is 9.59 Å². The number of benzene rings is 1. The van der Waals surface area contributed by atoms with Crippen molar-refractivity contribution in [3.8, 4) is 0 Å². The highest BCUT2D eigenvalue weighted by Gasteiger charge is 2.49. The van der Waals surface area contributed by atoms with Gasteiger partial charge in [0, 0.05) is 17.8 Å². The third kappa shape index (κ3) is 4.38. The predicted octanol–water partition coefficient (Wildman–Crippen LogP) is 2.94. The number of nitrogens with two attached hydrogens (primary N) is 1. The molecule has 5 N–H and O–H groups in total. The van der Waals surface area contributed by atoms with E-state index < -0.39 is 0 Å². The van der Waals surface area contributed by atoms with Gasteiger partial charge in [0.25, 0.3) is 0 Å². The smallest absolute Gasteiger partial charge is 0.319 e. The molecule has 3 fully saturated rings. The number of amides is 3. The standard InChI is InChI=1S/C20H28N4O2.ClH/c1-11(22-19(25)17-13-2-3-14(10-13)18(17)21)12-4-6-15(7-5-12)23-20(26)24-16-8-9-16;/h4-7,11,13-14,16-18H,2-3,8-10,21H2,1H3,(H,22,25)(H2,23,24,26);1H. The van der Waals surface area contributed by atoms with Crippen LogP contribution in [0.5, 0.6) is 0 Å². The predicted molar refractivity (Wildman–Crippen MR) is 108 cm³/mol. The molecule has 7 heteroatoms. The molecule has 5 unspecified atom stereocenters. The summed E-state index contributed by atoms with van der Waals surface area (Å²) < 4.78 is 0. The number of halogens is 1. The van der Waals surface area contributed by atoms with E-state index in [1.54, 1.807) is 0 Å². The highest BCUT2D eigenvalue weighted by molar-refractivity contribution is 5.89. The second-order valence-electron chi connectivity index (χ2n) is 8.16. The summed E-state index contributed by atoms with van der Waals surface area (Å²) in [6, 6.07) is 7.73. The molecule has 0 aliphatic heterocycles. The maximum Gasteiger partial charge on any atom is 0.319 e. The lowest BCUT2D eigenvalue weighted by Crippen LogP contribution is -2.45. The Kier molecular flexibility index (Phi) is 5.96. The number of hydrogen-bond acceptors (Lipinski definition) is 3. The fourth-order valence-electron chi connectivity index (χ4n) is 4.55. The second-order valence-corrected chi connectivity index (χ2v) is 8.16. The van der Waals surface area contributed by atoms with E-state index in [4.69, 9.17) is 5.73 Å². The summed E-state index contributed by atoms with van der Waals surface area (Å²) in [4.78, 5) is 24.5. The van der Waals surface area contributed by atoms with Gasteiger partial charge in [-0.1, -0.05) is 12.1 Å². The summed E-state index contributed by atoms with van der Waals surface area (Å²) in [5.41, 5.74) is 8.04. The molecule has 3 amide bonds. The first-order valence-electron chi connectivity index (χ1n) is 9.74. The van der Waals surface area contributed by atoms with Crippen molar-refractivity contribution in [2.45, 2.75) is 57.2 Å². The molecule has 0 saturated heterocycles. The molecule has 5 atom stereocenters. The summed E-state index contributed by atoms with van der Waals surface area (Å²) in [7, 11) is 0. The van der Waals surface area contributed by atoms with E-state index in [0.717, 1.165) is 36.9 Å². The van der Waals surface area contributed by atoms with Crippen molar-refractivity contribution in [2.24, 2.45) is 23.5 Å². The average molecular weight is 393 g/mol. The number of fused-ring (bicyclic) bond motifs is 2. The van der Waals surface area contributed by atoms with E-state index in [9.17, 15) is 9.59 Å². The third-order valence-electron chi connectivity index (χ3n) is 6.22. The average Bonchev–Trinajstić information content (AvgIpc) is 3.19. The first kappa shape index (κ1) is 20.0. The molecule has 0 aromatic heterocycles. The molecular formula is C20H29ClN4O2. The molecule has 0 spiro atoms. The van der Waals surface area contributed by atoms with Gasteiger partial charge in [-0.25, -0.2) is 4.79 Å². The summed E-state index contributed by atoms with van der Waals surface area (Å²) in [5, 5.41) is 8.86.